The summed E-state index contributed by atoms with van der Waals surface area (Å²) in [5, 5.41) is 19.5. The minimum Gasteiger partial charge on any atom is -0.453 e. The second-order valence-corrected chi connectivity index (χ2v) is 13.5. The molecule has 3 aromatic rings. The number of likely N-dealkylation sites (N-methyl/N-ethyl adjacent to an activating group) is 1. The zero-order valence-corrected chi connectivity index (χ0v) is 26.6. The van der Waals surface area contributed by atoms with E-state index in [9.17, 15) is 28.2 Å². The number of ether oxygens (including phenoxy) is 1. The standard InChI is InChI=1S/C34H43N3O7S/c1-36(45(42,43)29-20-16-24(22-38)17-21-29)28(23-39)14-9-15-30(25-18-19-25)37(34(41)44-2)32(33(35)40)31(26-10-5-3-6-11-26)27-12-7-4-8-13-27/h3-8,10-13,16-17,20-21,25,28,30-32,38-39H,9,14-15,18-19,22-23H2,1-2H3,(H2,35,40)/t28-,30+,32-/m0/s1. The number of rotatable bonds is 16. The summed E-state index contributed by atoms with van der Waals surface area (Å²) >= 11 is 0. The first-order valence-electron chi connectivity index (χ1n) is 15.2. The number of nitrogens with zero attached hydrogens (tertiary/aromatic N) is 2. The Hall–Kier alpha value is -3.77. The van der Waals surface area contributed by atoms with Crippen LogP contribution >= 0.6 is 0 Å². The number of carbonyl (C=O) groups excluding carboxylic acids is 2. The van der Waals surface area contributed by atoms with Crippen LogP contribution in [0.15, 0.2) is 89.8 Å². The average Bonchev–Trinajstić information content (AvgIpc) is 3.91. The van der Waals surface area contributed by atoms with E-state index in [1.54, 1.807) is 12.1 Å². The molecule has 3 aromatic carbocycles. The van der Waals surface area contributed by atoms with Crippen LogP contribution in [-0.4, -0.2) is 78.7 Å². The first-order chi connectivity index (χ1) is 21.6. The normalized spacial score (nSPS) is 15.4. The molecule has 0 aliphatic heterocycles. The van der Waals surface area contributed by atoms with Crippen molar-refractivity contribution in [1.29, 1.82) is 0 Å². The van der Waals surface area contributed by atoms with Crippen molar-refractivity contribution in [2.24, 2.45) is 11.7 Å². The molecule has 0 saturated heterocycles. The Morgan fingerprint density at radius 2 is 1.47 bits per heavy atom. The van der Waals surface area contributed by atoms with Gasteiger partial charge in [-0.05, 0) is 66.8 Å². The minimum absolute atomic E-state index is 0.0607. The molecule has 10 nitrogen and oxygen atoms in total. The van der Waals surface area contributed by atoms with Crippen LogP contribution in [-0.2, 0) is 26.2 Å². The van der Waals surface area contributed by atoms with E-state index in [1.165, 1.54) is 31.2 Å². The fourth-order valence-corrected chi connectivity index (χ4v) is 7.44. The van der Waals surface area contributed by atoms with Gasteiger partial charge in [0, 0.05) is 25.0 Å². The first kappa shape index (κ1) is 34.1. The highest BCUT2D eigenvalue weighted by molar-refractivity contribution is 7.89. The number of methoxy groups -OCH3 is 1. The summed E-state index contributed by atoms with van der Waals surface area (Å²) in [5.74, 6) is -1.09. The summed E-state index contributed by atoms with van der Waals surface area (Å²) in [6, 6.07) is 22.7. The number of sulfonamides is 1. The van der Waals surface area contributed by atoms with Crippen molar-refractivity contribution in [2.75, 3.05) is 20.8 Å². The maximum Gasteiger partial charge on any atom is 0.410 e. The highest BCUT2D eigenvalue weighted by Gasteiger charge is 2.46. The molecule has 1 aliphatic rings. The number of benzene rings is 3. The van der Waals surface area contributed by atoms with Gasteiger partial charge < -0.3 is 20.7 Å². The Morgan fingerprint density at radius 3 is 1.91 bits per heavy atom. The predicted molar refractivity (Wildman–Crippen MR) is 171 cm³/mol. The molecule has 4 rings (SSSR count). The third kappa shape index (κ3) is 8.09. The Kier molecular flexibility index (Phi) is 11.7. The predicted octanol–water partition coefficient (Wildman–Crippen LogP) is 3.86. The molecular formula is C34H43N3O7S. The fourth-order valence-electron chi connectivity index (χ4n) is 6.06. The average molecular weight is 638 g/mol. The lowest BCUT2D eigenvalue weighted by atomic mass is 9.82. The van der Waals surface area contributed by atoms with Crippen LogP contribution in [0.2, 0.25) is 0 Å². The summed E-state index contributed by atoms with van der Waals surface area (Å²) in [4.78, 5) is 28.5. The van der Waals surface area contributed by atoms with Gasteiger partial charge in [-0.1, -0.05) is 72.8 Å². The van der Waals surface area contributed by atoms with Crippen molar-refractivity contribution in [3.63, 3.8) is 0 Å². The Bertz CT molecular complexity index is 1460. The van der Waals surface area contributed by atoms with Gasteiger partial charge in [0.25, 0.3) is 0 Å². The summed E-state index contributed by atoms with van der Waals surface area (Å²) in [7, 11) is -1.20. The second kappa shape index (κ2) is 15.5. The van der Waals surface area contributed by atoms with E-state index >= 15 is 0 Å². The van der Waals surface area contributed by atoms with Crippen LogP contribution in [0.25, 0.3) is 0 Å². The molecule has 0 radical (unpaired) electrons. The summed E-state index contributed by atoms with van der Waals surface area (Å²) < 4.78 is 33.1. The monoisotopic (exact) mass is 637 g/mol. The van der Waals surface area contributed by atoms with Crippen molar-refractivity contribution in [3.05, 3.63) is 102 Å². The van der Waals surface area contributed by atoms with Gasteiger partial charge >= 0.3 is 6.09 Å². The highest BCUT2D eigenvalue weighted by Crippen LogP contribution is 2.42. The molecule has 0 unspecified atom stereocenters. The Balaban J connectivity index is 1.60. The molecular weight excluding hydrogens is 594 g/mol. The van der Waals surface area contributed by atoms with Gasteiger partial charge in [0.1, 0.15) is 6.04 Å². The van der Waals surface area contributed by atoms with Gasteiger partial charge in [-0.25, -0.2) is 13.2 Å². The number of carbonyl (C=O) groups is 2. The van der Waals surface area contributed by atoms with E-state index < -0.39 is 52.7 Å². The van der Waals surface area contributed by atoms with Gasteiger partial charge in [-0.3, -0.25) is 9.69 Å². The number of amides is 2. The lowest BCUT2D eigenvalue weighted by Crippen LogP contribution is -2.56. The zero-order chi connectivity index (χ0) is 32.6. The van der Waals surface area contributed by atoms with Gasteiger partial charge in [0.2, 0.25) is 15.9 Å². The van der Waals surface area contributed by atoms with Gasteiger partial charge in [0.05, 0.1) is 25.2 Å². The lowest BCUT2D eigenvalue weighted by Gasteiger charge is -2.40. The Labute approximate surface area is 265 Å². The van der Waals surface area contributed by atoms with Crippen molar-refractivity contribution in [3.8, 4) is 0 Å². The van der Waals surface area contributed by atoms with Crippen molar-refractivity contribution in [1.82, 2.24) is 9.21 Å². The van der Waals surface area contributed by atoms with Crippen molar-refractivity contribution >= 4 is 22.0 Å². The van der Waals surface area contributed by atoms with Gasteiger partial charge in [0.15, 0.2) is 0 Å². The van der Waals surface area contributed by atoms with Crippen LogP contribution in [0.4, 0.5) is 4.79 Å². The molecule has 0 aromatic heterocycles. The summed E-state index contributed by atoms with van der Waals surface area (Å²) in [5.41, 5.74) is 8.36. The molecule has 1 aliphatic carbocycles. The van der Waals surface area contributed by atoms with Crippen LogP contribution in [0, 0.1) is 5.92 Å². The van der Waals surface area contributed by atoms with Gasteiger partial charge in [-0.15, -0.1) is 0 Å². The largest absolute Gasteiger partial charge is 0.453 e. The van der Waals surface area contributed by atoms with Crippen LogP contribution in [0.1, 0.15) is 54.7 Å². The molecule has 45 heavy (non-hydrogen) atoms. The highest BCUT2D eigenvalue weighted by atomic mass is 32.2. The smallest absolute Gasteiger partial charge is 0.410 e. The zero-order valence-electron chi connectivity index (χ0n) is 25.7. The number of hydrogen-bond donors (Lipinski definition) is 3. The lowest BCUT2D eigenvalue weighted by molar-refractivity contribution is -0.124. The molecule has 1 saturated carbocycles. The van der Waals surface area contributed by atoms with Crippen molar-refractivity contribution in [2.45, 2.75) is 67.6 Å². The number of primary amides is 1. The molecule has 0 spiro atoms. The van der Waals surface area contributed by atoms with E-state index in [0.29, 0.717) is 24.8 Å². The maximum atomic E-state index is 13.5. The summed E-state index contributed by atoms with van der Waals surface area (Å²) in [6.07, 6.45) is 2.32. The van der Waals surface area contributed by atoms with E-state index in [1.807, 2.05) is 60.7 Å². The first-order valence-corrected chi connectivity index (χ1v) is 16.6. The van der Waals surface area contributed by atoms with E-state index in [4.69, 9.17) is 10.5 Å². The van der Waals surface area contributed by atoms with E-state index in [0.717, 1.165) is 28.3 Å². The molecule has 0 bridgehead atoms. The topological polar surface area (TPSA) is 150 Å². The third-order valence-corrected chi connectivity index (χ3v) is 10.6. The fraction of sp³-hybridized carbons (Fsp3) is 0.412. The number of aliphatic hydroxyl groups is 2. The Morgan fingerprint density at radius 1 is 0.911 bits per heavy atom. The molecule has 2 amide bonds. The number of aliphatic hydroxyl groups excluding tert-OH is 2. The molecule has 242 valence electrons. The molecule has 4 N–H and O–H groups in total. The molecule has 3 atom stereocenters. The molecule has 0 heterocycles. The number of nitrogens with two attached hydrogens (primary N) is 1. The molecule has 1 fully saturated rings. The van der Waals surface area contributed by atoms with Crippen LogP contribution < -0.4 is 5.73 Å². The third-order valence-electron chi connectivity index (χ3n) is 8.68. The van der Waals surface area contributed by atoms with Crippen molar-refractivity contribution < 1.29 is 33.0 Å². The van der Waals surface area contributed by atoms with Crippen LogP contribution in [0.3, 0.4) is 0 Å². The van der Waals surface area contributed by atoms with Crippen LogP contribution in [0.5, 0.6) is 0 Å². The quantitative estimate of drug-likeness (QED) is 0.216. The second-order valence-electron chi connectivity index (χ2n) is 11.5. The maximum absolute atomic E-state index is 13.5. The van der Waals surface area contributed by atoms with E-state index in [2.05, 4.69) is 0 Å². The number of hydrogen-bond acceptors (Lipinski definition) is 7. The SMILES string of the molecule is COC(=O)N([C@H](CCC[C@@H](CO)N(C)S(=O)(=O)c1ccc(CO)cc1)C1CC1)[C@H](C(N)=O)C(c1ccccc1)c1ccccc1. The minimum atomic E-state index is -3.91. The van der Waals surface area contributed by atoms with E-state index in [-0.39, 0.29) is 17.4 Å². The van der Waals surface area contributed by atoms with Gasteiger partial charge in [-0.2, -0.15) is 4.31 Å². The molecule has 11 heteroatoms. The summed E-state index contributed by atoms with van der Waals surface area (Å²) in [6.45, 7) is -0.596.